The molecule has 0 aliphatic heterocycles. The first-order valence-electron chi connectivity index (χ1n) is 3.75. The third-order valence-electron chi connectivity index (χ3n) is 1.67. The van der Waals surface area contributed by atoms with E-state index in [2.05, 4.69) is 5.32 Å². The first-order chi connectivity index (χ1) is 5.38. The van der Waals surface area contributed by atoms with Gasteiger partial charge in [-0.05, 0) is 18.1 Å². The Labute approximate surface area is 66.9 Å². The number of anilines is 1. The zero-order valence-corrected chi connectivity index (χ0v) is 6.67. The van der Waals surface area contributed by atoms with Crippen LogP contribution in [0.4, 0.5) is 5.69 Å². The fraction of sp³-hybridized carbons (Fsp3) is 0.333. The van der Waals surface area contributed by atoms with Crippen molar-refractivity contribution in [2.45, 2.75) is 6.42 Å². The molecule has 0 amide bonds. The molecule has 0 aliphatic rings. The van der Waals surface area contributed by atoms with Crippen LogP contribution in [0.2, 0.25) is 0 Å². The van der Waals surface area contributed by atoms with Crippen LogP contribution in [0.25, 0.3) is 0 Å². The van der Waals surface area contributed by atoms with Gasteiger partial charge >= 0.3 is 0 Å². The first kappa shape index (κ1) is 8.08. The van der Waals surface area contributed by atoms with Gasteiger partial charge in [-0.3, -0.25) is 0 Å². The molecule has 11 heavy (non-hydrogen) atoms. The minimum absolute atomic E-state index is 0.207. The lowest BCUT2D eigenvalue weighted by molar-refractivity contribution is 0.300. The standard InChI is InChI=1S/C9H13NO/c1-10-9-5-3-2-4-8(9)6-7-11/h2-5,10-11H,6-7H2,1H3. The quantitative estimate of drug-likeness (QED) is 0.681. The van der Waals surface area contributed by atoms with Crippen molar-refractivity contribution < 1.29 is 5.11 Å². The molecule has 0 spiro atoms. The van der Waals surface area contributed by atoms with Crippen LogP contribution in [0.3, 0.4) is 0 Å². The normalized spacial score (nSPS) is 9.64. The van der Waals surface area contributed by atoms with E-state index in [0.29, 0.717) is 0 Å². The van der Waals surface area contributed by atoms with Gasteiger partial charge < -0.3 is 10.4 Å². The number of aliphatic hydroxyl groups is 1. The van der Waals surface area contributed by atoms with E-state index in [4.69, 9.17) is 5.11 Å². The predicted octanol–water partition coefficient (Wildman–Crippen LogP) is 1.26. The van der Waals surface area contributed by atoms with Crippen LogP contribution >= 0.6 is 0 Å². The highest BCUT2D eigenvalue weighted by atomic mass is 16.2. The monoisotopic (exact) mass is 151 g/mol. The topological polar surface area (TPSA) is 32.3 Å². The van der Waals surface area contributed by atoms with E-state index in [-0.39, 0.29) is 6.61 Å². The fourth-order valence-electron chi connectivity index (χ4n) is 1.10. The van der Waals surface area contributed by atoms with Crippen molar-refractivity contribution in [3.63, 3.8) is 0 Å². The van der Waals surface area contributed by atoms with Gasteiger partial charge in [-0.25, -0.2) is 0 Å². The Morgan fingerprint density at radius 3 is 2.73 bits per heavy atom. The van der Waals surface area contributed by atoms with Gasteiger partial charge in [0.05, 0.1) is 0 Å². The number of benzene rings is 1. The molecule has 2 nitrogen and oxygen atoms in total. The molecule has 0 aliphatic carbocycles. The Morgan fingerprint density at radius 2 is 2.09 bits per heavy atom. The maximum Gasteiger partial charge on any atom is 0.0472 e. The number of para-hydroxylation sites is 1. The van der Waals surface area contributed by atoms with Crippen LogP contribution in [0.1, 0.15) is 5.56 Å². The Bertz CT molecular complexity index is 223. The Hall–Kier alpha value is -1.02. The number of hydrogen-bond donors (Lipinski definition) is 2. The molecule has 0 fully saturated rings. The molecule has 2 N–H and O–H groups in total. The fourth-order valence-corrected chi connectivity index (χ4v) is 1.10. The third kappa shape index (κ3) is 1.95. The van der Waals surface area contributed by atoms with E-state index >= 15 is 0 Å². The Kier molecular flexibility index (Phi) is 2.93. The van der Waals surface area contributed by atoms with E-state index in [9.17, 15) is 0 Å². The predicted molar refractivity (Wildman–Crippen MR) is 46.8 cm³/mol. The summed E-state index contributed by atoms with van der Waals surface area (Å²) in [4.78, 5) is 0. The van der Waals surface area contributed by atoms with Crippen LogP contribution in [0, 0.1) is 0 Å². The summed E-state index contributed by atoms with van der Waals surface area (Å²) in [6, 6.07) is 7.98. The van der Waals surface area contributed by atoms with Crippen LogP contribution in [0.5, 0.6) is 0 Å². The highest BCUT2D eigenvalue weighted by Gasteiger charge is 1.96. The molecule has 1 aromatic carbocycles. The van der Waals surface area contributed by atoms with Crippen molar-refractivity contribution in [2.24, 2.45) is 0 Å². The summed E-state index contributed by atoms with van der Waals surface area (Å²) in [7, 11) is 1.89. The molecule has 0 radical (unpaired) electrons. The minimum atomic E-state index is 0.207. The zero-order valence-electron chi connectivity index (χ0n) is 6.67. The number of nitrogens with one attached hydrogen (secondary N) is 1. The summed E-state index contributed by atoms with van der Waals surface area (Å²) in [6.07, 6.45) is 0.719. The molecule has 1 aromatic rings. The van der Waals surface area contributed by atoms with Gasteiger partial charge in [0.15, 0.2) is 0 Å². The van der Waals surface area contributed by atoms with Gasteiger partial charge in [0.25, 0.3) is 0 Å². The van der Waals surface area contributed by atoms with Crippen LogP contribution in [0.15, 0.2) is 24.3 Å². The van der Waals surface area contributed by atoms with E-state index < -0.39 is 0 Å². The van der Waals surface area contributed by atoms with E-state index in [1.807, 2.05) is 31.3 Å². The minimum Gasteiger partial charge on any atom is -0.396 e. The van der Waals surface area contributed by atoms with Crippen molar-refractivity contribution in [1.82, 2.24) is 0 Å². The molecule has 2 heteroatoms. The number of aliphatic hydroxyl groups excluding tert-OH is 1. The summed E-state index contributed by atoms with van der Waals surface area (Å²) in [5.74, 6) is 0. The van der Waals surface area contributed by atoms with E-state index in [1.54, 1.807) is 0 Å². The lowest BCUT2D eigenvalue weighted by Gasteiger charge is -2.05. The highest BCUT2D eigenvalue weighted by molar-refractivity contribution is 5.50. The highest BCUT2D eigenvalue weighted by Crippen LogP contribution is 2.13. The molecule has 0 saturated heterocycles. The molecular formula is C9H13NO. The van der Waals surface area contributed by atoms with Gasteiger partial charge in [0, 0.05) is 19.3 Å². The molecule has 0 saturated carbocycles. The second-order valence-electron chi connectivity index (χ2n) is 2.38. The van der Waals surface area contributed by atoms with Gasteiger partial charge in [-0.15, -0.1) is 0 Å². The molecule has 0 aromatic heterocycles. The lowest BCUT2D eigenvalue weighted by Crippen LogP contribution is -1.97. The van der Waals surface area contributed by atoms with Crippen molar-refractivity contribution in [3.05, 3.63) is 29.8 Å². The largest absolute Gasteiger partial charge is 0.396 e. The van der Waals surface area contributed by atoms with Crippen LogP contribution in [-0.2, 0) is 6.42 Å². The maximum absolute atomic E-state index is 8.71. The molecule has 60 valence electrons. The van der Waals surface area contributed by atoms with Crippen molar-refractivity contribution in [1.29, 1.82) is 0 Å². The maximum atomic E-state index is 8.71. The van der Waals surface area contributed by atoms with E-state index in [0.717, 1.165) is 17.7 Å². The number of hydrogen-bond acceptors (Lipinski definition) is 2. The summed E-state index contributed by atoms with van der Waals surface area (Å²) in [6.45, 7) is 0.207. The molecule has 0 atom stereocenters. The molecule has 0 unspecified atom stereocenters. The molecule has 0 heterocycles. The van der Waals surface area contributed by atoms with E-state index in [1.165, 1.54) is 0 Å². The zero-order chi connectivity index (χ0) is 8.10. The second kappa shape index (κ2) is 3.98. The SMILES string of the molecule is CNc1ccccc1CCO. The third-order valence-corrected chi connectivity index (χ3v) is 1.67. The molecular weight excluding hydrogens is 138 g/mol. The van der Waals surface area contributed by atoms with Crippen molar-refractivity contribution in [3.8, 4) is 0 Å². The average molecular weight is 151 g/mol. The summed E-state index contributed by atoms with van der Waals surface area (Å²) in [5, 5.41) is 11.8. The molecule has 1 rings (SSSR count). The van der Waals surface area contributed by atoms with Crippen LogP contribution < -0.4 is 5.32 Å². The smallest absolute Gasteiger partial charge is 0.0472 e. The summed E-state index contributed by atoms with van der Waals surface area (Å²) >= 11 is 0. The van der Waals surface area contributed by atoms with Gasteiger partial charge in [0.1, 0.15) is 0 Å². The van der Waals surface area contributed by atoms with Gasteiger partial charge in [-0.2, -0.15) is 0 Å². The Balaban J connectivity index is 2.83. The van der Waals surface area contributed by atoms with Gasteiger partial charge in [-0.1, -0.05) is 18.2 Å². The Morgan fingerprint density at radius 1 is 1.36 bits per heavy atom. The van der Waals surface area contributed by atoms with Crippen LogP contribution in [-0.4, -0.2) is 18.8 Å². The number of rotatable bonds is 3. The lowest BCUT2D eigenvalue weighted by atomic mass is 10.1. The van der Waals surface area contributed by atoms with Gasteiger partial charge in [0.2, 0.25) is 0 Å². The van der Waals surface area contributed by atoms with Crippen molar-refractivity contribution >= 4 is 5.69 Å². The average Bonchev–Trinajstić information content (AvgIpc) is 2.06. The first-order valence-corrected chi connectivity index (χ1v) is 3.75. The second-order valence-corrected chi connectivity index (χ2v) is 2.38. The van der Waals surface area contributed by atoms with Crippen molar-refractivity contribution in [2.75, 3.05) is 19.0 Å². The summed E-state index contributed by atoms with van der Waals surface area (Å²) in [5.41, 5.74) is 2.26. The summed E-state index contributed by atoms with van der Waals surface area (Å²) < 4.78 is 0. The molecule has 0 bridgehead atoms.